The highest BCUT2D eigenvalue weighted by molar-refractivity contribution is 5.76. The lowest BCUT2D eigenvalue weighted by atomic mass is 10.1. The van der Waals surface area contributed by atoms with E-state index < -0.39 is 6.67 Å². The summed E-state index contributed by atoms with van der Waals surface area (Å²) in [5.74, 6) is 2.06. The summed E-state index contributed by atoms with van der Waals surface area (Å²) < 4.78 is 25.1. The second kappa shape index (κ2) is 7.21. The number of hydrogen-bond donors (Lipinski definition) is 1. The van der Waals surface area contributed by atoms with Crippen LogP contribution in [0.4, 0.5) is 10.2 Å². The summed E-state index contributed by atoms with van der Waals surface area (Å²) in [7, 11) is 0. The summed E-state index contributed by atoms with van der Waals surface area (Å²) in [5, 5.41) is 0.673. The molecule has 6 heteroatoms. The van der Waals surface area contributed by atoms with Gasteiger partial charge in [0, 0.05) is 18.5 Å². The zero-order valence-electron chi connectivity index (χ0n) is 13.5. The summed E-state index contributed by atoms with van der Waals surface area (Å²) >= 11 is 0. The van der Waals surface area contributed by atoms with Crippen LogP contribution in [0.2, 0.25) is 0 Å². The number of anilines is 1. The number of nitrogens with zero attached hydrogens (tertiary/aromatic N) is 2. The van der Waals surface area contributed by atoms with Gasteiger partial charge in [-0.25, -0.2) is 4.39 Å². The number of halogens is 1. The Balaban J connectivity index is 1.88. The van der Waals surface area contributed by atoms with Gasteiger partial charge in [-0.05, 0) is 36.3 Å². The summed E-state index contributed by atoms with van der Waals surface area (Å²) in [4.78, 5) is 4.09. The van der Waals surface area contributed by atoms with E-state index >= 15 is 0 Å². The van der Waals surface area contributed by atoms with Gasteiger partial charge in [0.15, 0.2) is 11.5 Å². The minimum Gasteiger partial charge on any atom is -0.486 e. The Kier molecular flexibility index (Phi) is 4.84. The fourth-order valence-electron chi connectivity index (χ4n) is 2.48. The molecular formula is C18H20FN3O2. The first-order valence-corrected chi connectivity index (χ1v) is 7.80. The predicted octanol–water partition coefficient (Wildman–Crippen LogP) is 2.73. The van der Waals surface area contributed by atoms with Crippen LogP contribution in [-0.2, 0) is 0 Å². The monoisotopic (exact) mass is 329 g/mol. The lowest BCUT2D eigenvalue weighted by molar-refractivity contribution is 0.171. The summed E-state index contributed by atoms with van der Waals surface area (Å²) in [6.45, 7) is 2.81. The maximum absolute atomic E-state index is 12.2. The van der Waals surface area contributed by atoms with Crippen LogP contribution in [0.3, 0.4) is 0 Å². The first-order chi connectivity index (χ1) is 11.7. The minimum atomic E-state index is -0.474. The normalized spacial score (nSPS) is 14.8. The number of ether oxygens (including phenoxy) is 2. The largest absolute Gasteiger partial charge is 0.486 e. The first kappa shape index (κ1) is 16.1. The van der Waals surface area contributed by atoms with Gasteiger partial charge in [-0.2, -0.15) is 0 Å². The van der Waals surface area contributed by atoms with Crippen molar-refractivity contribution in [2.75, 3.05) is 32.2 Å². The third kappa shape index (κ3) is 3.59. The highest BCUT2D eigenvalue weighted by Crippen LogP contribution is 2.33. The molecule has 0 saturated carbocycles. The molecule has 1 aliphatic rings. The molecule has 126 valence electrons. The molecule has 0 fully saturated rings. The molecule has 24 heavy (non-hydrogen) atoms. The Morgan fingerprint density at radius 1 is 1.25 bits per heavy atom. The smallest absolute Gasteiger partial charge is 0.161 e. The van der Waals surface area contributed by atoms with E-state index in [2.05, 4.69) is 4.99 Å². The van der Waals surface area contributed by atoms with Gasteiger partial charge in [-0.15, -0.1) is 0 Å². The summed E-state index contributed by atoms with van der Waals surface area (Å²) in [6.07, 6.45) is 3.74. The third-order valence-corrected chi connectivity index (χ3v) is 3.71. The van der Waals surface area contributed by atoms with Gasteiger partial charge in [0.25, 0.3) is 0 Å². The van der Waals surface area contributed by atoms with Crippen molar-refractivity contribution in [3.63, 3.8) is 0 Å². The average Bonchev–Trinajstić information content (AvgIpc) is 2.61. The second-order valence-electron chi connectivity index (χ2n) is 5.46. The van der Waals surface area contributed by atoms with Crippen LogP contribution in [-0.4, -0.2) is 31.0 Å². The number of rotatable bonds is 4. The van der Waals surface area contributed by atoms with Gasteiger partial charge in [0.05, 0.1) is 11.9 Å². The zero-order valence-corrected chi connectivity index (χ0v) is 13.5. The van der Waals surface area contributed by atoms with E-state index in [1.54, 1.807) is 16.7 Å². The van der Waals surface area contributed by atoms with Crippen LogP contribution in [0, 0.1) is 0 Å². The molecule has 0 amide bonds. The topological polar surface area (TPSA) is 61.8 Å². The number of alkyl halides is 1. The van der Waals surface area contributed by atoms with E-state index in [-0.39, 0.29) is 6.54 Å². The molecule has 5 nitrogen and oxygen atoms in total. The van der Waals surface area contributed by atoms with Crippen molar-refractivity contribution in [1.29, 1.82) is 0 Å². The van der Waals surface area contributed by atoms with Crippen LogP contribution in [0.1, 0.15) is 12.5 Å². The maximum atomic E-state index is 12.2. The van der Waals surface area contributed by atoms with Crippen LogP contribution >= 0.6 is 0 Å². The average molecular weight is 329 g/mol. The molecule has 0 spiro atoms. The number of benzene rings is 1. The number of nitrogens with two attached hydrogens (primary N) is 1. The lowest BCUT2D eigenvalue weighted by Crippen LogP contribution is -2.15. The molecule has 0 unspecified atom stereocenters. The van der Waals surface area contributed by atoms with E-state index in [1.807, 2.05) is 37.5 Å². The fourth-order valence-corrected chi connectivity index (χ4v) is 2.48. The van der Waals surface area contributed by atoms with Crippen molar-refractivity contribution in [2.45, 2.75) is 6.92 Å². The van der Waals surface area contributed by atoms with Crippen molar-refractivity contribution in [2.24, 2.45) is 4.99 Å². The van der Waals surface area contributed by atoms with Crippen molar-refractivity contribution in [3.05, 3.63) is 47.4 Å². The first-order valence-electron chi connectivity index (χ1n) is 7.80. The van der Waals surface area contributed by atoms with Crippen LogP contribution < -0.4 is 20.6 Å². The van der Waals surface area contributed by atoms with Crippen LogP contribution in [0.5, 0.6) is 11.5 Å². The van der Waals surface area contributed by atoms with E-state index in [0.29, 0.717) is 24.4 Å². The Morgan fingerprint density at radius 3 is 2.79 bits per heavy atom. The van der Waals surface area contributed by atoms with Gasteiger partial charge < -0.3 is 19.8 Å². The van der Waals surface area contributed by atoms with Gasteiger partial charge >= 0.3 is 0 Å². The zero-order chi connectivity index (χ0) is 16.9. The molecule has 0 atom stereocenters. The Labute approximate surface area is 139 Å². The molecule has 2 aromatic rings. The number of aromatic nitrogens is 1. The summed E-state index contributed by atoms with van der Waals surface area (Å²) in [6, 6.07) is 9.39. The third-order valence-electron chi connectivity index (χ3n) is 3.71. The number of fused-ring (bicyclic) bond motifs is 1. The highest BCUT2D eigenvalue weighted by atomic mass is 19.1. The molecule has 1 aromatic heterocycles. The Morgan fingerprint density at radius 2 is 2.04 bits per heavy atom. The highest BCUT2D eigenvalue weighted by Gasteiger charge is 2.12. The number of pyridine rings is 1. The molecule has 0 saturated heterocycles. The van der Waals surface area contributed by atoms with E-state index in [1.165, 1.54) is 0 Å². The molecule has 2 N–H and O–H groups in total. The van der Waals surface area contributed by atoms with Gasteiger partial charge in [-0.3, -0.25) is 4.99 Å². The maximum Gasteiger partial charge on any atom is 0.161 e. The molecule has 3 rings (SSSR count). The van der Waals surface area contributed by atoms with Crippen LogP contribution in [0.15, 0.2) is 41.5 Å². The summed E-state index contributed by atoms with van der Waals surface area (Å²) in [5.41, 5.74) is 8.10. The standard InChI is InChI=1S/C18H20FN3O2/c1-13(14-2-3-16-17(10-14)24-9-8-23-16)12-22-7-4-15(11-18(22)20)21-6-5-19/h2-4,7,10-12H,5-6,8-9,20H2,1H3/b13-12+,21-15?. The SMILES string of the molecule is C/C(=C\n1ccc(=NCCF)cc1N)c1ccc2c(c1)OCCO2. The molecule has 1 aliphatic heterocycles. The predicted molar refractivity (Wildman–Crippen MR) is 92.5 cm³/mol. The lowest BCUT2D eigenvalue weighted by Gasteiger charge is -2.19. The van der Waals surface area contributed by atoms with Gasteiger partial charge in [0.2, 0.25) is 0 Å². The van der Waals surface area contributed by atoms with E-state index in [4.69, 9.17) is 15.2 Å². The quantitative estimate of drug-likeness (QED) is 0.938. The van der Waals surface area contributed by atoms with Crippen molar-refractivity contribution in [3.8, 4) is 11.5 Å². The fraction of sp³-hybridized carbons (Fsp3) is 0.278. The molecule has 0 radical (unpaired) electrons. The molecule has 1 aromatic carbocycles. The number of allylic oxidation sites excluding steroid dienone is 1. The minimum absolute atomic E-state index is 0.148. The molecule has 0 bridgehead atoms. The Hall–Kier alpha value is -2.76. The van der Waals surface area contributed by atoms with Crippen LogP contribution in [0.25, 0.3) is 11.8 Å². The Bertz CT molecular complexity index is 827. The molecule has 2 heterocycles. The van der Waals surface area contributed by atoms with E-state index in [0.717, 1.165) is 22.6 Å². The van der Waals surface area contributed by atoms with Crippen molar-refractivity contribution < 1.29 is 13.9 Å². The van der Waals surface area contributed by atoms with Crippen molar-refractivity contribution >= 4 is 17.6 Å². The number of hydrogen-bond acceptors (Lipinski definition) is 4. The van der Waals surface area contributed by atoms with Gasteiger partial charge in [-0.1, -0.05) is 6.07 Å². The van der Waals surface area contributed by atoms with E-state index in [9.17, 15) is 4.39 Å². The van der Waals surface area contributed by atoms with Crippen molar-refractivity contribution in [1.82, 2.24) is 4.57 Å². The molecule has 0 aliphatic carbocycles. The number of nitrogen functional groups attached to an aromatic ring is 1. The molecular weight excluding hydrogens is 309 g/mol. The second-order valence-corrected chi connectivity index (χ2v) is 5.46. The van der Waals surface area contributed by atoms with Gasteiger partial charge in [0.1, 0.15) is 25.7 Å².